The molecule has 0 aliphatic carbocycles. The largest absolute Gasteiger partial charge is 0.416 e. The number of alkyl halides is 3. The van der Waals surface area contributed by atoms with Crippen molar-refractivity contribution in [3.8, 4) is 0 Å². The highest BCUT2D eigenvalue weighted by Gasteiger charge is 2.33. The summed E-state index contributed by atoms with van der Waals surface area (Å²) in [5.41, 5.74) is 1.21. The third-order valence-electron chi connectivity index (χ3n) is 6.13. The molecule has 11 heteroatoms. The first kappa shape index (κ1) is 24.3. The molecule has 0 radical (unpaired) electrons. The molecule has 0 unspecified atom stereocenters. The van der Waals surface area contributed by atoms with Crippen LogP contribution in [-0.2, 0) is 22.6 Å². The molecule has 34 heavy (non-hydrogen) atoms. The molecule has 2 aliphatic heterocycles. The number of nitrogens with zero attached hydrogens (tertiary/aromatic N) is 3. The van der Waals surface area contributed by atoms with Crippen LogP contribution in [0.1, 0.15) is 24.5 Å². The summed E-state index contributed by atoms with van der Waals surface area (Å²) in [6.07, 6.45) is -3.03. The van der Waals surface area contributed by atoms with Gasteiger partial charge in [-0.3, -0.25) is 4.90 Å². The highest BCUT2D eigenvalue weighted by atomic mass is 32.2. The van der Waals surface area contributed by atoms with Gasteiger partial charge >= 0.3 is 12.2 Å². The maximum absolute atomic E-state index is 13.2. The fraction of sp³-hybridized carbons (Fsp3) is 0.435. The number of halogens is 3. The van der Waals surface area contributed by atoms with E-state index in [4.69, 9.17) is 0 Å². The van der Waals surface area contributed by atoms with Crippen LogP contribution in [0.4, 0.5) is 29.3 Å². The SMILES string of the molecule is CCCNC(=O)N1CCc2cc(S(=O)(=O)N3CCN(c4cccc(C(F)(F)F)c4)CC3)ccc21. The molecule has 1 fully saturated rings. The molecule has 1 N–H and O–H groups in total. The third-order valence-corrected chi connectivity index (χ3v) is 8.03. The summed E-state index contributed by atoms with van der Waals surface area (Å²) in [4.78, 5) is 15.9. The molecule has 0 bridgehead atoms. The zero-order valence-corrected chi connectivity index (χ0v) is 19.6. The number of sulfonamides is 1. The van der Waals surface area contributed by atoms with Crippen molar-refractivity contribution in [1.82, 2.24) is 9.62 Å². The van der Waals surface area contributed by atoms with E-state index in [1.165, 1.54) is 16.4 Å². The molecule has 0 atom stereocenters. The Labute approximate surface area is 197 Å². The monoisotopic (exact) mass is 496 g/mol. The molecule has 2 aromatic carbocycles. The summed E-state index contributed by atoms with van der Waals surface area (Å²) in [7, 11) is -3.76. The summed E-state index contributed by atoms with van der Waals surface area (Å²) in [6, 6.07) is 9.68. The maximum Gasteiger partial charge on any atom is 0.416 e. The molecule has 2 amide bonds. The predicted octanol–water partition coefficient (Wildman–Crippen LogP) is 3.70. The van der Waals surface area contributed by atoms with Crippen LogP contribution in [0, 0.1) is 0 Å². The molecular formula is C23H27F3N4O3S. The second kappa shape index (κ2) is 9.46. The van der Waals surface area contributed by atoms with E-state index in [0.29, 0.717) is 30.9 Å². The van der Waals surface area contributed by atoms with Gasteiger partial charge in [0.15, 0.2) is 0 Å². The number of carbonyl (C=O) groups excluding carboxylic acids is 1. The Kier molecular flexibility index (Phi) is 6.77. The number of amides is 2. The number of hydrogen-bond acceptors (Lipinski definition) is 4. The standard InChI is InChI=1S/C23H27F3N4O3S/c1-2-9-27-22(31)30-10-8-17-15-20(6-7-21(17)30)34(32,33)29-13-11-28(12-14-29)19-5-3-4-18(16-19)23(24,25)26/h3-7,15-16H,2,8-14H2,1H3,(H,27,31). The number of urea groups is 1. The second-order valence-corrected chi connectivity index (χ2v) is 10.3. The van der Waals surface area contributed by atoms with Gasteiger partial charge in [0.25, 0.3) is 0 Å². The minimum atomic E-state index is -4.43. The Bertz CT molecular complexity index is 1160. The van der Waals surface area contributed by atoms with Crippen molar-refractivity contribution in [2.45, 2.75) is 30.8 Å². The Balaban J connectivity index is 1.45. The molecule has 2 heterocycles. The van der Waals surface area contributed by atoms with Gasteiger partial charge in [-0.1, -0.05) is 13.0 Å². The predicted molar refractivity (Wildman–Crippen MR) is 124 cm³/mol. The van der Waals surface area contributed by atoms with Crippen LogP contribution in [0.3, 0.4) is 0 Å². The van der Waals surface area contributed by atoms with E-state index >= 15 is 0 Å². The van der Waals surface area contributed by atoms with Crippen molar-refractivity contribution in [2.24, 2.45) is 0 Å². The summed E-state index contributed by atoms with van der Waals surface area (Å²) in [5, 5.41) is 2.83. The van der Waals surface area contributed by atoms with Crippen LogP contribution in [0.25, 0.3) is 0 Å². The molecule has 0 saturated carbocycles. The van der Waals surface area contributed by atoms with Crippen LogP contribution in [0.2, 0.25) is 0 Å². The van der Waals surface area contributed by atoms with Gasteiger partial charge in [-0.05, 0) is 54.8 Å². The number of carbonyl (C=O) groups is 1. The van der Waals surface area contributed by atoms with Gasteiger partial charge in [0, 0.05) is 50.6 Å². The third kappa shape index (κ3) is 4.85. The average Bonchev–Trinajstić information content (AvgIpc) is 3.25. The van der Waals surface area contributed by atoms with E-state index in [9.17, 15) is 26.4 Å². The second-order valence-electron chi connectivity index (χ2n) is 8.36. The summed E-state index contributed by atoms with van der Waals surface area (Å²) >= 11 is 0. The Morgan fingerprint density at radius 3 is 2.44 bits per heavy atom. The number of fused-ring (bicyclic) bond motifs is 1. The molecule has 4 rings (SSSR count). The van der Waals surface area contributed by atoms with Crippen molar-refractivity contribution in [2.75, 3.05) is 49.1 Å². The highest BCUT2D eigenvalue weighted by molar-refractivity contribution is 7.89. The Hall–Kier alpha value is -2.79. The van der Waals surface area contributed by atoms with Gasteiger partial charge < -0.3 is 10.2 Å². The lowest BCUT2D eigenvalue weighted by Gasteiger charge is -2.35. The van der Waals surface area contributed by atoms with Gasteiger partial charge in [-0.25, -0.2) is 13.2 Å². The van der Waals surface area contributed by atoms with Crippen molar-refractivity contribution in [3.63, 3.8) is 0 Å². The van der Waals surface area contributed by atoms with E-state index in [1.54, 1.807) is 28.0 Å². The lowest BCUT2D eigenvalue weighted by molar-refractivity contribution is -0.137. The minimum absolute atomic E-state index is 0.162. The minimum Gasteiger partial charge on any atom is -0.369 e. The van der Waals surface area contributed by atoms with Crippen molar-refractivity contribution in [3.05, 3.63) is 53.6 Å². The molecular weight excluding hydrogens is 469 g/mol. The first-order valence-electron chi connectivity index (χ1n) is 11.2. The normalized spacial score (nSPS) is 17.1. The van der Waals surface area contributed by atoms with E-state index in [2.05, 4.69) is 5.32 Å². The van der Waals surface area contributed by atoms with Crippen LogP contribution in [-0.4, -0.2) is 58.0 Å². The average molecular weight is 497 g/mol. The highest BCUT2D eigenvalue weighted by Crippen LogP contribution is 2.33. The zero-order valence-electron chi connectivity index (χ0n) is 18.8. The molecule has 0 aromatic heterocycles. The molecule has 2 aliphatic rings. The lowest BCUT2D eigenvalue weighted by atomic mass is 10.1. The number of hydrogen-bond donors (Lipinski definition) is 1. The number of nitrogens with one attached hydrogen (secondary N) is 1. The fourth-order valence-electron chi connectivity index (χ4n) is 4.29. The Morgan fingerprint density at radius 1 is 1.03 bits per heavy atom. The van der Waals surface area contributed by atoms with Gasteiger partial charge in [-0.2, -0.15) is 17.5 Å². The molecule has 184 valence electrons. The van der Waals surface area contributed by atoms with Gasteiger partial charge in [-0.15, -0.1) is 0 Å². The van der Waals surface area contributed by atoms with E-state index in [0.717, 1.165) is 24.1 Å². The lowest BCUT2D eigenvalue weighted by Crippen LogP contribution is -2.48. The number of rotatable bonds is 5. The smallest absolute Gasteiger partial charge is 0.369 e. The first-order chi connectivity index (χ1) is 16.1. The zero-order chi connectivity index (χ0) is 24.5. The van der Waals surface area contributed by atoms with Crippen molar-refractivity contribution in [1.29, 1.82) is 0 Å². The molecule has 7 nitrogen and oxygen atoms in total. The fourth-order valence-corrected chi connectivity index (χ4v) is 5.76. The van der Waals surface area contributed by atoms with Crippen molar-refractivity contribution >= 4 is 27.4 Å². The molecule has 0 spiro atoms. The van der Waals surface area contributed by atoms with E-state index in [1.807, 2.05) is 6.92 Å². The number of benzene rings is 2. The van der Waals surface area contributed by atoms with Crippen molar-refractivity contribution < 1.29 is 26.4 Å². The van der Waals surface area contributed by atoms with Gasteiger partial charge in [0.05, 0.1) is 10.5 Å². The van der Waals surface area contributed by atoms with E-state index in [-0.39, 0.29) is 37.1 Å². The number of anilines is 2. The van der Waals surface area contributed by atoms with Gasteiger partial charge in [0.1, 0.15) is 0 Å². The molecule has 2 aromatic rings. The molecule has 1 saturated heterocycles. The topological polar surface area (TPSA) is 73.0 Å². The summed E-state index contributed by atoms with van der Waals surface area (Å²) < 4.78 is 66.9. The van der Waals surface area contributed by atoms with E-state index < -0.39 is 21.8 Å². The van der Waals surface area contributed by atoms with Gasteiger partial charge in [0.2, 0.25) is 10.0 Å². The van der Waals surface area contributed by atoms with Crippen LogP contribution in [0.5, 0.6) is 0 Å². The summed E-state index contributed by atoms with van der Waals surface area (Å²) in [5.74, 6) is 0. The summed E-state index contributed by atoms with van der Waals surface area (Å²) in [6.45, 7) is 3.94. The quantitative estimate of drug-likeness (QED) is 0.685. The maximum atomic E-state index is 13.2. The van der Waals surface area contributed by atoms with Crippen LogP contribution in [0.15, 0.2) is 47.4 Å². The first-order valence-corrected chi connectivity index (χ1v) is 12.7. The van der Waals surface area contributed by atoms with Crippen LogP contribution >= 0.6 is 0 Å². The van der Waals surface area contributed by atoms with Crippen LogP contribution < -0.4 is 15.1 Å². The Morgan fingerprint density at radius 2 is 1.76 bits per heavy atom. The number of piperazine rings is 1.